The Labute approximate surface area is 119 Å². The van der Waals surface area contributed by atoms with Crippen LogP contribution in [0.25, 0.3) is 0 Å². The average molecular weight is 324 g/mol. The Morgan fingerprint density at radius 3 is 2.55 bits per heavy atom. The van der Waals surface area contributed by atoms with Crippen LogP contribution in [0, 0.1) is 15.9 Å². The summed E-state index contributed by atoms with van der Waals surface area (Å²) in [7, 11) is 0.583. The fourth-order valence-electron chi connectivity index (χ4n) is 1.27. The normalized spacial score (nSPS) is 11.0. The summed E-state index contributed by atoms with van der Waals surface area (Å²) in [5, 5.41) is 10.9. The minimum atomic E-state index is -4.41. The number of nitro benzene ring substituents is 1. The van der Waals surface area contributed by atoms with Crippen molar-refractivity contribution >= 4 is 25.4 Å². The van der Waals surface area contributed by atoms with Crippen LogP contribution in [-0.4, -0.2) is 19.9 Å². The molecule has 0 aliphatic heterocycles. The van der Waals surface area contributed by atoms with Crippen LogP contribution in [0.4, 0.5) is 10.1 Å². The van der Waals surface area contributed by atoms with E-state index in [1.807, 2.05) is 0 Å². The van der Waals surface area contributed by atoms with Crippen molar-refractivity contribution in [3.63, 3.8) is 0 Å². The van der Waals surface area contributed by atoms with E-state index in [9.17, 15) is 22.9 Å². The van der Waals surface area contributed by atoms with Gasteiger partial charge in [0.15, 0.2) is 5.75 Å². The van der Waals surface area contributed by atoms with Gasteiger partial charge >= 0.3 is 5.69 Å². The quantitative estimate of drug-likeness (QED) is 0.360. The molecule has 0 aliphatic rings. The molecule has 0 N–H and O–H groups in total. The molecule has 1 aromatic rings. The molecule has 0 bridgehead atoms. The van der Waals surface area contributed by atoms with Crippen LogP contribution in [0.5, 0.6) is 5.75 Å². The van der Waals surface area contributed by atoms with E-state index in [-0.39, 0.29) is 12.4 Å². The first-order valence-electron chi connectivity index (χ1n) is 5.31. The molecule has 20 heavy (non-hydrogen) atoms. The lowest BCUT2D eigenvalue weighted by Crippen LogP contribution is -2.03. The first-order valence-corrected chi connectivity index (χ1v) is 7.62. The molecule has 9 heteroatoms. The van der Waals surface area contributed by atoms with E-state index in [0.29, 0.717) is 12.1 Å². The molecule has 0 heterocycles. The van der Waals surface area contributed by atoms with Gasteiger partial charge in [-0.05, 0) is 19.9 Å². The average Bonchev–Trinajstić information content (AvgIpc) is 2.26. The van der Waals surface area contributed by atoms with Crippen molar-refractivity contribution in [2.45, 2.75) is 18.7 Å². The number of benzene rings is 1. The molecule has 0 spiro atoms. The highest BCUT2D eigenvalue weighted by molar-refractivity contribution is 8.13. The Kier molecular flexibility index (Phi) is 5.07. The molecule has 0 unspecified atom stereocenters. The number of hydrogen-bond acceptors (Lipinski definition) is 5. The number of nitrogens with zero attached hydrogens (tertiary/aromatic N) is 1. The Hall–Kier alpha value is -1.67. The molecule has 0 saturated carbocycles. The minimum absolute atomic E-state index is 0.00438. The molecule has 1 aromatic carbocycles. The van der Waals surface area contributed by atoms with Gasteiger partial charge in [-0.1, -0.05) is 5.57 Å². The van der Waals surface area contributed by atoms with Crippen molar-refractivity contribution < 1.29 is 22.5 Å². The molecule has 0 aromatic heterocycles. The molecular weight excluding hydrogens is 313 g/mol. The molecule has 6 nitrogen and oxygen atoms in total. The number of nitro groups is 1. The highest BCUT2D eigenvalue weighted by Crippen LogP contribution is 2.33. The fourth-order valence-corrected chi connectivity index (χ4v) is 2.17. The third-order valence-electron chi connectivity index (χ3n) is 2.20. The highest BCUT2D eigenvalue weighted by Gasteiger charge is 2.25. The van der Waals surface area contributed by atoms with E-state index >= 15 is 0 Å². The molecule has 0 amide bonds. The number of halogens is 2. The second kappa shape index (κ2) is 6.19. The highest BCUT2D eigenvalue weighted by atomic mass is 35.7. The smallest absolute Gasteiger partial charge is 0.312 e. The van der Waals surface area contributed by atoms with Gasteiger partial charge in [0.25, 0.3) is 9.05 Å². The van der Waals surface area contributed by atoms with Crippen molar-refractivity contribution in [1.82, 2.24) is 0 Å². The number of ether oxygens (including phenoxy) is 1. The fraction of sp³-hybridized carbons (Fsp3) is 0.273. The van der Waals surface area contributed by atoms with Crippen LogP contribution in [0.3, 0.4) is 0 Å². The summed E-state index contributed by atoms with van der Waals surface area (Å²) in [5.74, 6) is -1.58. The van der Waals surface area contributed by atoms with E-state index in [4.69, 9.17) is 15.4 Å². The number of rotatable bonds is 5. The molecule has 110 valence electrons. The summed E-state index contributed by atoms with van der Waals surface area (Å²) in [5.41, 5.74) is 0.237. The maximum atomic E-state index is 13.6. The minimum Gasteiger partial charge on any atom is -0.483 e. The number of hydrogen-bond donors (Lipinski definition) is 0. The van der Waals surface area contributed by atoms with Crippen molar-refractivity contribution in [2.24, 2.45) is 0 Å². The topological polar surface area (TPSA) is 86.5 Å². The molecular formula is C11H11ClFNO5S. The van der Waals surface area contributed by atoms with Gasteiger partial charge < -0.3 is 4.74 Å². The first kappa shape index (κ1) is 16.4. The second-order valence-electron chi connectivity index (χ2n) is 4.04. The molecule has 0 atom stereocenters. The van der Waals surface area contributed by atoms with Gasteiger partial charge in [-0.25, -0.2) is 12.8 Å². The van der Waals surface area contributed by atoms with E-state index in [2.05, 4.69) is 0 Å². The summed E-state index contributed by atoms with van der Waals surface area (Å²) < 4.78 is 40.8. The van der Waals surface area contributed by atoms with Crippen molar-refractivity contribution in [3.8, 4) is 5.75 Å². The van der Waals surface area contributed by atoms with Crippen LogP contribution in [0.1, 0.15) is 13.8 Å². The zero-order valence-electron chi connectivity index (χ0n) is 10.6. The SMILES string of the molecule is CC(C)=CCOc1cc(F)c(S(=O)(=O)Cl)cc1[N+](=O)[O-]. The van der Waals surface area contributed by atoms with E-state index in [1.54, 1.807) is 19.9 Å². The van der Waals surface area contributed by atoms with Crippen molar-refractivity contribution in [1.29, 1.82) is 0 Å². The van der Waals surface area contributed by atoms with E-state index in [0.717, 1.165) is 5.57 Å². The summed E-state index contributed by atoms with van der Waals surface area (Å²) in [4.78, 5) is 9.03. The Balaban J connectivity index is 3.29. The third kappa shape index (κ3) is 4.17. The zero-order valence-corrected chi connectivity index (χ0v) is 12.2. The summed E-state index contributed by atoms with van der Waals surface area (Å²) >= 11 is 0. The second-order valence-corrected chi connectivity index (χ2v) is 6.57. The van der Waals surface area contributed by atoms with Gasteiger partial charge in [-0.3, -0.25) is 10.1 Å². The van der Waals surface area contributed by atoms with E-state index in [1.165, 1.54) is 0 Å². The molecule has 0 aliphatic carbocycles. The predicted octanol–water partition coefficient (Wildman–Crippen LogP) is 3.01. The Morgan fingerprint density at radius 2 is 2.10 bits per heavy atom. The first-order chi connectivity index (χ1) is 9.12. The Bertz CT molecular complexity index is 668. The van der Waals surface area contributed by atoms with Gasteiger partial charge in [0.1, 0.15) is 17.3 Å². The van der Waals surface area contributed by atoms with Crippen LogP contribution in [0.2, 0.25) is 0 Å². The predicted molar refractivity (Wildman–Crippen MR) is 71.0 cm³/mol. The number of allylic oxidation sites excluding steroid dienone is 1. The van der Waals surface area contributed by atoms with Crippen LogP contribution < -0.4 is 4.74 Å². The molecule has 0 radical (unpaired) electrons. The van der Waals surface area contributed by atoms with Crippen LogP contribution in [0.15, 0.2) is 28.7 Å². The van der Waals surface area contributed by atoms with Gasteiger partial charge in [-0.15, -0.1) is 0 Å². The summed E-state index contributed by atoms with van der Waals surface area (Å²) in [6.07, 6.45) is 1.63. The lowest BCUT2D eigenvalue weighted by atomic mass is 10.3. The summed E-state index contributed by atoms with van der Waals surface area (Å²) in [6, 6.07) is 1.17. The van der Waals surface area contributed by atoms with Crippen molar-refractivity contribution in [2.75, 3.05) is 6.61 Å². The maximum absolute atomic E-state index is 13.6. The lowest BCUT2D eigenvalue weighted by Gasteiger charge is -2.07. The van der Waals surface area contributed by atoms with Gasteiger partial charge in [0.2, 0.25) is 0 Å². The van der Waals surface area contributed by atoms with Gasteiger partial charge in [-0.2, -0.15) is 0 Å². The molecule has 0 saturated heterocycles. The molecule has 1 rings (SSSR count). The van der Waals surface area contributed by atoms with E-state index < -0.39 is 30.4 Å². The summed E-state index contributed by atoms with van der Waals surface area (Å²) in [6.45, 7) is 3.58. The van der Waals surface area contributed by atoms with Gasteiger partial charge in [0, 0.05) is 22.8 Å². The van der Waals surface area contributed by atoms with Crippen LogP contribution in [-0.2, 0) is 9.05 Å². The third-order valence-corrected chi connectivity index (χ3v) is 3.54. The maximum Gasteiger partial charge on any atom is 0.312 e. The monoisotopic (exact) mass is 323 g/mol. The lowest BCUT2D eigenvalue weighted by molar-refractivity contribution is -0.386. The Morgan fingerprint density at radius 1 is 1.50 bits per heavy atom. The molecule has 0 fully saturated rings. The standard InChI is InChI=1S/C11H11ClFNO5S/c1-7(2)3-4-19-10-5-8(13)11(20(12,17)18)6-9(10)14(15)16/h3,5-6H,4H2,1-2H3. The van der Waals surface area contributed by atoms with Gasteiger partial charge in [0.05, 0.1) is 4.92 Å². The zero-order chi connectivity index (χ0) is 15.5. The van der Waals surface area contributed by atoms with Crippen molar-refractivity contribution in [3.05, 3.63) is 39.7 Å². The largest absolute Gasteiger partial charge is 0.483 e. The van der Waals surface area contributed by atoms with Crippen LogP contribution >= 0.6 is 10.7 Å².